The van der Waals surface area contributed by atoms with E-state index in [2.05, 4.69) is 0 Å². The number of benzene rings is 3. The van der Waals surface area contributed by atoms with E-state index in [0.717, 1.165) is 24.3 Å². The van der Waals surface area contributed by atoms with Gasteiger partial charge in [0.15, 0.2) is 0 Å². The lowest BCUT2D eigenvalue weighted by Gasteiger charge is -2.24. The van der Waals surface area contributed by atoms with Crippen LogP contribution in [0.1, 0.15) is 42.9 Å². The van der Waals surface area contributed by atoms with Crippen molar-refractivity contribution < 1.29 is 36.2 Å². The third-order valence-corrected chi connectivity index (χ3v) is 5.84. The van der Waals surface area contributed by atoms with Gasteiger partial charge in [-0.1, -0.05) is 38.1 Å². The zero-order valence-electron chi connectivity index (χ0n) is 19.8. The van der Waals surface area contributed by atoms with Crippen LogP contribution in [0.25, 0.3) is 11.1 Å². The number of anilines is 2. The Balaban J connectivity index is 2.15. The third kappa shape index (κ3) is 6.38. The Morgan fingerprint density at radius 2 is 1.42 bits per heavy atom. The average molecular weight is 509 g/mol. The Morgan fingerprint density at radius 1 is 0.806 bits per heavy atom. The molecule has 0 aromatic heterocycles. The van der Waals surface area contributed by atoms with Crippen LogP contribution in [-0.4, -0.2) is 18.1 Å². The summed E-state index contributed by atoms with van der Waals surface area (Å²) in [6.45, 7) is 3.73. The average Bonchev–Trinajstić information content (AvgIpc) is 2.80. The third-order valence-electron chi connectivity index (χ3n) is 5.84. The molecule has 3 aromatic rings. The number of carboxylic acid groups (broad SMARTS) is 1. The molecule has 9 heteroatoms. The first-order valence-corrected chi connectivity index (χ1v) is 11.1. The maximum Gasteiger partial charge on any atom is 0.416 e. The lowest BCUT2D eigenvalue weighted by Crippen LogP contribution is -2.16. The Labute approximate surface area is 205 Å². The first-order valence-electron chi connectivity index (χ1n) is 11.1. The van der Waals surface area contributed by atoms with Crippen molar-refractivity contribution in [2.45, 2.75) is 38.5 Å². The summed E-state index contributed by atoms with van der Waals surface area (Å²) in [7, 11) is 1.54. The maximum absolute atomic E-state index is 13.3. The van der Waals surface area contributed by atoms with Gasteiger partial charge in [-0.2, -0.15) is 26.3 Å². The molecule has 3 rings (SSSR count). The van der Waals surface area contributed by atoms with Crippen LogP contribution in [0.5, 0.6) is 0 Å². The van der Waals surface area contributed by atoms with E-state index in [1.165, 1.54) is 29.2 Å². The zero-order valence-corrected chi connectivity index (χ0v) is 19.8. The minimum Gasteiger partial charge on any atom is -0.481 e. The predicted octanol–water partition coefficient (Wildman–Crippen LogP) is 8.37. The normalized spacial score (nSPS) is 13.1. The van der Waals surface area contributed by atoms with Crippen molar-refractivity contribution in [3.63, 3.8) is 0 Å². The number of hydrogen-bond acceptors (Lipinski definition) is 2. The molecule has 1 unspecified atom stereocenters. The molecule has 1 N–H and O–H groups in total. The number of aliphatic carboxylic acids is 1. The van der Waals surface area contributed by atoms with Crippen molar-refractivity contribution in [2.75, 3.05) is 11.9 Å². The summed E-state index contributed by atoms with van der Waals surface area (Å²) in [6, 6.07) is 13.9. The summed E-state index contributed by atoms with van der Waals surface area (Å²) >= 11 is 0. The highest BCUT2D eigenvalue weighted by atomic mass is 19.4. The summed E-state index contributed by atoms with van der Waals surface area (Å²) in [5, 5.41) is 9.87. The van der Waals surface area contributed by atoms with Crippen LogP contribution in [0, 0.1) is 5.92 Å². The second-order valence-corrected chi connectivity index (χ2v) is 9.02. The molecule has 192 valence electrons. The molecule has 0 heterocycles. The Morgan fingerprint density at radius 3 is 1.94 bits per heavy atom. The van der Waals surface area contributed by atoms with Gasteiger partial charge in [0, 0.05) is 18.4 Å². The lowest BCUT2D eigenvalue weighted by molar-refractivity contribution is -0.139. The Kier molecular flexibility index (Phi) is 7.71. The van der Waals surface area contributed by atoms with Crippen LogP contribution in [-0.2, 0) is 17.1 Å². The minimum atomic E-state index is -4.55. The van der Waals surface area contributed by atoms with E-state index < -0.39 is 35.4 Å². The maximum atomic E-state index is 13.3. The second-order valence-electron chi connectivity index (χ2n) is 9.02. The molecule has 36 heavy (non-hydrogen) atoms. The zero-order chi connectivity index (χ0) is 26.8. The minimum absolute atomic E-state index is 0.0328. The Bertz CT molecular complexity index is 1220. The molecule has 0 fully saturated rings. The van der Waals surface area contributed by atoms with E-state index in [1.54, 1.807) is 25.2 Å². The van der Waals surface area contributed by atoms with Crippen molar-refractivity contribution in [3.05, 3.63) is 83.4 Å². The van der Waals surface area contributed by atoms with Gasteiger partial charge in [0.2, 0.25) is 0 Å². The standard InChI is InChI=1S/C27H25F6NO2/c1-16(2)11-24(25(35)36)19-12-18(17-7-9-20(10-8-17)26(28,29)30)13-23(14-19)34(3)22-6-4-5-21(15-22)27(31,32)33/h4-10,12-16,24H,11H2,1-3H3,(H,35,36). The Hall–Kier alpha value is -3.49. The van der Waals surface area contributed by atoms with Gasteiger partial charge in [-0.15, -0.1) is 0 Å². The molecule has 0 spiro atoms. The predicted molar refractivity (Wildman–Crippen MR) is 126 cm³/mol. The first-order chi connectivity index (χ1) is 16.7. The van der Waals surface area contributed by atoms with Gasteiger partial charge in [0.1, 0.15) is 0 Å². The lowest BCUT2D eigenvalue weighted by atomic mass is 9.88. The number of alkyl halides is 6. The number of rotatable bonds is 7. The van der Waals surface area contributed by atoms with E-state index >= 15 is 0 Å². The summed E-state index contributed by atoms with van der Waals surface area (Å²) < 4.78 is 78.8. The molecular formula is C27H25F6NO2. The van der Waals surface area contributed by atoms with E-state index in [0.29, 0.717) is 28.8 Å². The van der Waals surface area contributed by atoms with Crippen LogP contribution in [0.4, 0.5) is 37.7 Å². The molecule has 1 atom stereocenters. The fourth-order valence-electron chi connectivity index (χ4n) is 3.94. The van der Waals surface area contributed by atoms with Gasteiger partial charge in [-0.05, 0) is 71.5 Å². The highest BCUT2D eigenvalue weighted by Crippen LogP contribution is 2.38. The number of hydrogen-bond donors (Lipinski definition) is 1. The quantitative estimate of drug-likeness (QED) is 0.325. The molecule has 0 amide bonds. The van der Waals surface area contributed by atoms with Gasteiger partial charge in [0.05, 0.1) is 17.0 Å². The summed E-state index contributed by atoms with van der Waals surface area (Å²) in [4.78, 5) is 13.6. The van der Waals surface area contributed by atoms with Crippen molar-refractivity contribution in [2.24, 2.45) is 5.92 Å². The molecule has 0 bridgehead atoms. The largest absolute Gasteiger partial charge is 0.481 e. The second kappa shape index (κ2) is 10.2. The molecule has 0 aliphatic carbocycles. The van der Waals surface area contributed by atoms with Crippen LogP contribution < -0.4 is 4.90 Å². The van der Waals surface area contributed by atoms with Gasteiger partial charge < -0.3 is 10.0 Å². The number of halogens is 6. The number of carbonyl (C=O) groups is 1. The van der Waals surface area contributed by atoms with E-state index in [-0.39, 0.29) is 11.6 Å². The van der Waals surface area contributed by atoms with Gasteiger partial charge >= 0.3 is 18.3 Å². The highest BCUT2D eigenvalue weighted by Gasteiger charge is 2.31. The van der Waals surface area contributed by atoms with E-state index in [9.17, 15) is 36.2 Å². The molecule has 0 aliphatic rings. The topological polar surface area (TPSA) is 40.5 Å². The molecular weight excluding hydrogens is 484 g/mol. The molecule has 0 aliphatic heterocycles. The fourth-order valence-corrected chi connectivity index (χ4v) is 3.94. The number of carboxylic acids is 1. The van der Waals surface area contributed by atoms with Crippen molar-refractivity contribution >= 4 is 17.3 Å². The number of nitrogens with zero attached hydrogens (tertiary/aromatic N) is 1. The van der Waals surface area contributed by atoms with Crippen LogP contribution in [0.3, 0.4) is 0 Å². The molecule has 3 nitrogen and oxygen atoms in total. The smallest absolute Gasteiger partial charge is 0.416 e. The highest BCUT2D eigenvalue weighted by molar-refractivity contribution is 5.80. The molecule has 0 saturated carbocycles. The molecule has 0 radical (unpaired) electrons. The molecule has 3 aromatic carbocycles. The fraction of sp³-hybridized carbons (Fsp3) is 0.296. The van der Waals surface area contributed by atoms with Crippen molar-refractivity contribution in [1.82, 2.24) is 0 Å². The summed E-state index contributed by atoms with van der Waals surface area (Å²) in [5.41, 5.74) is 0.221. The van der Waals surface area contributed by atoms with Crippen LogP contribution in [0.15, 0.2) is 66.7 Å². The summed E-state index contributed by atoms with van der Waals surface area (Å²) in [6.07, 6.45) is -8.75. The van der Waals surface area contributed by atoms with Crippen LogP contribution >= 0.6 is 0 Å². The van der Waals surface area contributed by atoms with E-state index in [4.69, 9.17) is 0 Å². The van der Waals surface area contributed by atoms with Gasteiger partial charge in [0.25, 0.3) is 0 Å². The molecule has 0 saturated heterocycles. The SMILES string of the molecule is CC(C)CC(C(=O)O)c1cc(-c2ccc(C(F)(F)F)cc2)cc(N(C)c2cccc(C(F)(F)F)c2)c1. The van der Waals surface area contributed by atoms with Gasteiger partial charge in [-0.3, -0.25) is 4.79 Å². The monoisotopic (exact) mass is 509 g/mol. The van der Waals surface area contributed by atoms with Crippen molar-refractivity contribution in [1.29, 1.82) is 0 Å². The van der Waals surface area contributed by atoms with Crippen LogP contribution in [0.2, 0.25) is 0 Å². The van der Waals surface area contributed by atoms with Gasteiger partial charge in [-0.25, -0.2) is 0 Å². The van der Waals surface area contributed by atoms with Crippen molar-refractivity contribution in [3.8, 4) is 11.1 Å². The summed E-state index contributed by atoms with van der Waals surface area (Å²) in [5.74, 6) is -1.94. The first kappa shape index (κ1) is 27.1. The van der Waals surface area contributed by atoms with E-state index in [1.807, 2.05) is 13.8 Å².